The molecule has 0 aromatic carbocycles. The Morgan fingerprint density at radius 2 is 2.41 bits per heavy atom. The molecule has 0 aliphatic carbocycles. The first kappa shape index (κ1) is 11.8. The molecule has 1 aliphatic heterocycles. The van der Waals surface area contributed by atoms with Gasteiger partial charge in [-0.25, -0.2) is 4.79 Å². The lowest BCUT2D eigenvalue weighted by molar-refractivity contribution is -0.0304. The second-order valence-corrected chi connectivity index (χ2v) is 4.10. The summed E-state index contributed by atoms with van der Waals surface area (Å²) in [5.41, 5.74) is 5.73. The fourth-order valence-electron chi connectivity index (χ4n) is 1.94. The molecular formula is C11H15N3O3. The van der Waals surface area contributed by atoms with Crippen molar-refractivity contribution < 1.29 is 9.84 Å². The highest BCUT2D eigenvalue weighted by Crippen LogP contribution is 2.36. The van der Waals surface area contributed by atoms with Crippen LogP contribution in [-0.2, 0) is 4.74 Å². The number of aliphatic hydroxyl groups is 1. The van der Waals surface area contributed by atoms with Crippen molar-refractivity contribution in [2.24, 2.45) is 5.92 Å². The largest absolute Gasteiger partial charge is 0.393 e. The fraction of sp³-hybridized carbons (Fsp3) is 0.455. The quantitative estimate of drug-likeness (QED) is 0.701. The highest BCUT2D eigenvalue weighted by atomic mass is 16.5. The van der Waals surface area contributed by atoms with E-state index < -0.39 is 18.0 Å². The average Bonchev–Trinajstić information content (AvgIpc) is 2.57. The second-order valence-electron chi connectivity index (χ2n) is 4.10. The van der Waals surface area contributed by atoms with E-state index in [1.165, 1.54) is 10.6 Å². The molecular weight excluding hydrogens is 222 g/mol. The van der Waals surface area contributed by atoms with Gasteiger partial charge in [-0.3, -0.25) is 4.57 Å². The summed E-state index contributed by atoms with van der Waals surface area (Å²) in [5.74, 6) is 0.115. The highest BCUT2D eigenvalue weighted by Gasteiger charge is 2.36. The Labute approximate surface area is 98.3 Å². The van der Waals surface area contributed by atoms with Crippen LogP contribution in [0.1, 0.15) is 13.2 Å². The number of hydrogen-bond acceptors (Lipinski definition) is 5. The minimum Gasteiger partial charge on any atom is -0.393 e. The van der Waals surface area contributed by atoms with Gasteiger partial charge in [0, 0.05) is 12.1 Å². The number of nitrogens with zero attached hydrogens (tertiary/aromatic N) is 2. The zero-order valence-electron chi connectivity index (χ0n) is 9.54. The Hall–Kier alpha value is -1.66. The molecule has 1 aliphatic rings. The van der Waals surface area contributed by atoms with Gasteiger partial charge in [0.05, 0.1) is 6.61 Å². The number of aliphatic hydroxyl groups excluding tert-OH is 1. The first-order valence-corrected chi connectivity index (χ1v) is 5.34. The number of hydrogen-bond donors (Lipinski definition) is 2. The lowest BCUT2D eigenvalue weighted by Gasteiger charge is -2.17. The molecule has 0 spiro atoms. The monoisotopic (exact) mass is 237 g/mol. The van der Waals surface area contributed by atoms with Crippen molar-refractivity contribution in [2.75, 3.05) is 12.3 Å². The van der Waals surface area contributed by atoms with Gasteiger partial charge in [0.2, 0.25) is 0 Å². The zero-order valence-corrected chi connectivity index (χ0v) is 9.54. The van der Waals surface area contributed by atoms with Crippen LogP contribution in [0, 0.1) is 5.92 Å². The van der Waals surface area contributed by atoms with Crippen molar-refractivity contribution in [1.29, 1.82) is 0 Å². The Morgan fingerprint density at radius 3 is 2.94 bits per heavy atom. The molecule has 1 fully saturated rings. The average molecular weight is 237 g/mol. The zero-order chi connectivity index (χ0) is 12.6. The summed E-state index contributed by atoms with van der Waals surface area (Å²) in [6.07, 6.45) is 0.624. The van der Waals surface area contributed by atoms with Crippen LogP contribution in [0.15, 0.2) is 29.2 Å². The van der Waals surface area contributed by atoms with Crippen LogP contribution < -0.4 is 11.4 Å². The van der Waals surface area contributed by atoms with Crippen molar-refractivity contribution in [3.05, 3.63) is 34.9 Å². The molecule has 0 unspecified atom stereocenters. The normalized spacial score (nSPS) is 28.6. The molecule has 1 aromatic rings. The minimum atomic E-state index is -0.486. The van der Waals surface area contributed by atoms with E-state index in [2.05, 4.69) is 11.6 Å². The summed E-state index contributed by atoms with van der Waals surface area (Å²) in [6, 6.07) is 1.53. The number of ether oxygens (including phenoxy) is 1. The third-order valence-electron chi connectivity index (χ3n) is 3.02. The number of nitrogen functional groups attached to an aromatic ring is 1. The molecule has 2 rings (SSSR count). The Bertz CT molecular complexity index is 497. The van der Waals surface area contributed by atoms with Crippen LogP contribution >= 0.6 is 0 Å². The van der Waals surface area contributed by atoms with Crippen LogP contribution in [0.25, 0.3) is 0 Å². The maximum Gasteiger partial charge on any atom is 0.351 e. The lowest BCUT2D eigenvalue weighted by atomic mass is 10.0. The molecule has 3 N–H and O–H groups in total. The first-order chi connectivity index (χ1) is 8.04. The Kier molecular flexibility index (Phi) is 2.99. The summed E-state index contributed by atoms with van der Waals surface area (Å²) in [7, 11) is 0. The van der Waals surface area contributed by atoms with Crippen LogP contribution in [0.5, 0.6) is 0 Å². The molecule has 6 heteroatoms. The van der Waals surface area contributed by atoms with Gasteiger partial charge < -0.3 is 15.6 Å². The maximum atomic E-state index is 11.7. The number of rotatable bonds is 2. The minimum absolute atomic E-state index is 0.0599. The summed E-state index contributed by atoms with van der Waals surface area (Å²) in [4.78, 5) is 15.3. The molecule has 6 nitrogen and oxygen atoms in total. The van der Waals surface area contributed by atoms with E-state index in [0.29, 0.717) is 0 Å². The van der Waals surface area contributed by atoms with Gasteiger partial charge in [-0.2, -0.15) is 4.98 Å². The van der Waals surface area contributed by atoms with E-state index in [4.69, 9.17) is 15.6 Å². The lowest BCUT2D eigenvalue weighted by Crippen LogP contribution is -2.29. The third kappa shape index (κ3) is 1.96. The summed E-state index contributed by atoms with van der Waals surface area (Å²) < 4.78 is 6.94. The van der Waals surface area contributed by atoms with Crippen molar-refractivity contribution in [1.82, 2.24) is 9.55 Å². The van der Waals surface area contributed by atoms with Crippen LogP contribution in [0.3, 0.4) is 0 Å². The molecule has 0 amide bonds. The fourth-order valence-corrected chi connectivity index (χ4v) is 1.94. The third-order valence-corrected chi connectivity index (χ3v) is 3.02. The van der Waals surface area contributed by atoms with Gasteiger partial charge in [0.25, 0.3) is 0 Å². The van der Waals surface area contributed by atoms with Crippen molar-refractivity contribution in [3.8, 4) is 0 Å². The number of aromatic nitrogens is 2. The van der Waals surface area contributed by atoms with E-state index in [1.807, 2.05) is 6.92 Å². The molecule has 17 heavy (non-hydrogen) atoms. The summed E-state index contributed by atoms with van der Waals surface area (Å²) >= 11 is 0. The summed E-state index contributed by atoms with van der Waals surface area (Å²) in [6.45, 7) is 5.62. The van der Waals surface area contributed by atoms with E-state index in [9.17, 15) is 4.79 Å². The van der Waals surface area contributed by atoms with Gasteiger partial charge in [0.1, 0.15) is 18.1 Å². The highest BCUT2D eigenvalue weighted by molar-refractivity contribution is 5.24. The predicted molar refractivity (Wildman–Crippen MR) is 62.2 cm³/mol. The second kappa shape index (κ2) is 4.31. The smallest absolute Gasteiger partial charge is 0.351 e. The van der Waals surface area contributed by atoms with E-state index in [1.54, 1.807) is 6.20 Å². The molecule has 2 heterocycles. The van der Waals surface area contributed by atoms with Crippen molar-refractivity contribution >= 4 is 5.82 Å². The maximum absolute atomic E-state index is 11.7. The Balaban J connectivity index is 2.35. The Morgan fingerprint density at radius 1 is 1.71 bits per heavy atom. The summed E-state index contributed by atoms with van der Waals surface area (Å²) in [5, 5.41) is 9.12. The van der Waals surface area contributed by atoms with Gasteiger partial charge >= 0.3 is 5.69 Å². The van der Waals surface area contributed by atoms with Gasteiger partial charge in [-0.05, 0) is 11.6 Å². The van der Waals surface area contributed by atoms with E-state index >= 15 is 0 Å². The van der Waals surface area contributed by atoms with Crippen molar-refractivity contribution in [2.45, 2.75) is 19.3 Å². The van der Waals surface area contributed by atoms with Gasteiger partial charge in [-0.1, -0.05) is 13.5 Å². The van der Waals surface area contributed by atoms with E-state index in [0.717, 1.165) is 5.57 Å². The van der Waals surface area contributed by atoms with Crippen LogP contribution in [-0.4, -0.2) is 27.4 Å². The topological polar surface area (TPSA) is 90.4 Å². The molecule has 3 atom stereocenters. The molecule has 0 radical (unpaired) electrons. The van der Waals surface area contributed by atoms with Crippen molar-refractivity contribution in [3.63, 3.8) is 0 Å². The SMILES string of the molecule is C=C1[C@H](CO)O[C@H](n2ccc(N)nc2=O)[C@H]1C. The standard InChI is InChI=1S/C11H15N3O3/c1-6-7(2)10(17-8(6)5-15)14-4-3-9(12)13-11(14)16/h3-4,7-8,10,15H,1,5H2,2H3,(H2,12,13,16)/t7-,8-,10-/m0/s1. The molecule has 1 saturated heterocycles. The first-order valence-electron chi connectivity index (χ1n) is 5.34. The van der Waals surface area contributed by atoms with E-state index in [-0.39, 0.29) is 18.3 Å². The molecule has 92 valence electrons. The van der Waals surface area contributed by atoms with Gasteiger partial charge in [0.15, 0.2) is 0 Å². The molecule has 0 bridgehead atoms. The molecule has 0 saturated carbocycles. The molecule has 1 aromatic heterocycles. The predicted octanol–water partition coefficient (Wildman–Crippen LogP) is -0.0925. The van der Waals surface area contributed by atoms with Gasteiger partial charge in [-0.15, -0.1) is 0 Å². The van der Waals surface area contributed by atoms with Crippen LogP contribution in [0.4, 0.5) is 5.82 Å². The van der Waals surface area contributed by atoms with Crippen LogP contribution in [0.2, 0.25) is 0 Å². The number of nitrogens with two attached hydrogens (primary N) is 1. The number of anilines is 1.